The Morgan fingerprint density at radius 2 is 1.96 bits per heavy atom. The second-order valence-electron chi connectivity index (χ2n) is 5.99. The van der Waals surface area contributed by atoms with Crippen LogP contribution < -0.4 is 16.0 Å². The maximum absolute atomic E-state index is 6.23. The molecule has 4 rings (SSSR count). The number of fused-ring (bicyclic) bond motifs is 1. The lowest BCUT2D eigenvalue weighted by Crippen LogP contribution is -2.17. The van der Waals surface area contributed by atoms with Crippen LogP contribution in [0.4, 0.5) is 11.5 Å². The van der Waals surface area contributed by atoms with Gasteiger partial charge >= 0.3 is 0 Å². The molecule has 116 valence electrons. The van der Waals surface area contributed by atoms with Crippen molar-refractivity contribution >= 4 is 11.5 Å². The summed E-state index contributed by atoms with van der Waals surface area (Å²) in [6, 6.07) is 12.9. The molecule has 2 atom stereocenters. The van der Waals surface area contributed by atoms with Crippen LogP contribution in [0.5, 0.6) is 0 Å². The van der Waals surface area contributed by atoms with Crippen LogP contribution >= 0.6 is 0 Å². The predicted molar refractivity (Wildman–Crippen MR) is 94.2 cm³/mol. The molecule has 4 heteroatoms. The minimum atomic E-state index is 0.105. The molecule has 1 unspecified atom stereocenters. The van der Waals surface area contributed by atoms with Crippen molar-refractivity contribution in [2.24, 2.45) is 5.73 Å². The third-order valence-corrected chi connectivity index (χ3v) is 4.48. The molecule has 0 saturated heterocycles. The molecule has 0 amide bonds. The first-order chi connectivity index (χ1) is 11.3. The largest absolute Gasteiger partial charge is 0.363 e. The van der Waals surface area contributed by atoms with Crippen LogP contribution in [0.2, 0.25) is 0 Å². The summed E-state index contributed by atoms with van der Waals surface area (Å²) in [4.78, 5) is 6.73. The molecule has 0 spiro atoms. The Bertz CT molecular complexity index is 748. The lowest BCUT2D eigenvalue weighted by molar-refractivity contribution is 0.647. The van der Waals surface area contributed by atoms with E-state index in [-0.39, 0.29) is 12.1 Å². The van der Waals surface area contributed by atoms with Crippen molar-refractivity contribution in [2.45, 2.75) is 18.5 Å². The Kier molecular flexibility index (Phi) is 3.60. The van der Waals surface area contributed by atoms with Crippen LogP contribution in [0.3, 0.4) is 0 Å². The van der Waals surface area contributed by atoms with E-state index in [0.717, 1.165) is 24.5 Å². The molecule has 4 nitrogen and oxygen atoms in total. The molecule has 3 N–H and O–H groups in total. The van der Waals surface area contributed by atoms with Gasteiger partial charge in [0.25, 0.3) is 0 Å². The first-order valence-corrected chi connectivity index (χ1v) is 7.98. The number of nitrogens with two attached hydrogens (primary N) is 1. The fourth-order valence-electron chi connectivity index (χ4n) is 3.29. The molecule has 1 aliphatic carbocycles. The Morgan fingerprint density at radius 1 is 1.09 bits per heavy atom. The monoisotopic (exact) mass is 304 g/mol. The van der Waals surface area contributed by atoms with E-state index < -0.39 is 0 Å². The highest BCUT2D eigenvalue weighted by Gasteiger charge is 2.28. The van der Waals surface area contributed by atoms with E-state index in [1.807, 2.05) is 18.3 Å². The van der Waals surface area contributed by atoms with Crippen molar-refractivity contribution in [3.8, 4) is 0 Å². The zero-order valence-electron chi connectivity index (χ0n) is 12.9. The van der Waals surface area contributed by atoms with Gasteiger partial charge in [-0.3, -0.25) is 0 Å². The smallest absolute Gasteiger partial charge is 0.126 e. The van der Waals surface area contributed by atoms with Gasteiger partial charge in [-0.1, -0.05) is 36.4 Å². The van der Waals surface area contributed by atoms with Crippen molar-refractivity contribution in [1.82, 2.24) is 4.98 Å². The lowest BCUT2D eigenvalue weighted by atomic mass is 10.1. The first kappa shape index (κ1) is 14.0. The summed E-state index contributed by atoms with van der Waals surface area (Å²) in [5.74, 6) is 0.888. The Labute approximate surface area is 136 Å². The zero-order chi connectivity index (χ0) is 15.6. The molecular formula is C19H20N4. The van der Waals surface area contributed by atoms with Gasteiger partial charge in [-0.25, -0.2) is 4.98 Å². The third-order valence-electron chi connectivity index (χ3n) is 4.48. The summed E-state index contributed by atoms with van der Waals surface area (Å²) in [5.41, 5.74) is 9.86. The molecule has 0 bridgehead atoms. The van der Waals surface area contributed by atoms with E-state index in [1.54, 1.807) is 0 Å². The Hall–Kier alpha value is -2.59. The summed E-state index contributed by atoms with van der Waals surface area (Å²) in [7, 11) is 0. The quantitative estimate of drug-likeness (QED) is 0.911. The lowest BCUT2D eigenvalue weighted by Gasteiger charge is -2.21. The van der Waals surface area contributed by atoms with Gasteiger partial charge in [-0.05, 0) is 35.8 Å². The summed E-state index contributed by atoms with van der Waals surface area (Å²) in [6.45, 7) is 0.885. The summed E-state index contributed by atoms with van der Waals surface area (Å²) >= 11 is 0. The second kappa shape index (κ2) is 5.89. The van der Waals surface area contributed by atoms with Gasteiger partial charge in [0.15, 0.2) is 0 Å². The molecule has 0 saturated carbocycles. The predicted octanol–water partition coefficient (Wildman–Crippen LogP) is 3.53. The maximum Gasteiger partial charge on any atom is 0.126 e. The SMILES string of the molecule is NC1C[C@@H](Nc2ccc(N3C=CC=CC3)cn2)c2ccccc21. The maximum atomic E-state index is 6.23. The number of hydrogen-bond acceptors (Lipinski definition) is 4. The average molecular weight is 304 g/mol. The Balaban J connectivity index is 1.50. The van der Waals surface area contributed by atoms with Crippen LogP contribution in [0.25, 0.3) is 0 Å². The minimum absolute atomic E-state index is 0.105. The number of aromatic nitrogens is 1. The van der Waals surface area contributed by atoms with Gasteiger partial charge in [-0.15, -0.1) is 0 Å². The van der Waals surface area contributed by atoms with Crippen molar-refractivity contribution < 1.29 is 0 Å². The highest BCUT2D eigenvalue weighted by Crippen LogP contribution is 2.38. The summed E-state index contributed by atoms with van der Waals surface area (Å²) < 4.78 is 0. The highest BCUT2D eigenvalue weighted by atomic mass is 15.1. The minimum Gasteiger partial charge on any atom is -0.363 e. The van der Waals surface area contributed by atoms with Crippen LogP contribution in [-0.2, 0) is 0 Å². The average Bonchev–Trinajstić information content (AvgIpc) is 2.93. The number of benzene rings is 1. The van der Waals surface area contributed by atoms with Gasteiger partial charge in [-0.2, -0.15) is 0 Å². The number of nitrogens with zero attached hydrogens (tertiary/aromatic N) is 2. The zero-order valence-corrected chi connectivity index (χ0v) is 12.9. The van der Waals surface area contributed by atoms with Crippen LogP contribution in [-0.4, -0.2) is 11.5 Å². The van der Waals surface area contributed by atoms with E-state index in [0.29, 0.717) is 0 Å². The molecular weight excluding hydrogens is 284 g/mol. The number of nitrogens with one attached hydrogen (secondary N) is 1. The van der Waals surface area contributed by atoms with Gasteiger partial charge in [0.2, 0.25) is 0 Å². The van der Waals surface area contributed by atoms with Crippen molar-refractivity contribution in [1.29, 1.82) is 0 Å². The molecule has 1 aromatic heterocycles. The van der Waals surface area contributed by atoms with Gasteiger partial charge in [0.1, 0.15) is 5.82 Å². The van der Waals surface area contributed by atoms with Gasteiger partial charge in [0.05, 0.1) is 17.9 Å². The van der Waals surface area contributed by atoms with Crippen molar-refractivity contribution in [3.63, 3.8) is 0 Å². The van der Waals surface area contributed by atoms with E-state index >= 15 is 0 Å². The first-order valence-electron chi connectivity index (χ1n) is 7.98. The molecule has 2 heterocycles. The number of rotatable bonds is 3. The number of allylic oxidation sites excluding steroid dienone is 2. The third kappa shape index (κ3) is 2.73. The van der Waals surface area contributed by atoms with Crippen molar-refractivity contribution in [3.05, 3.63) is 78.1 Å². The molecule has 1 aromatic carbocycles. The summed E-state index contributed by atoms with van der Waals surface area (Å²) in [5, 5.41) is 3.52. The normalized spacial score (nSPS) is 22.2. The molecule has 2 aliphatic rings. The van der Waals surface area contributed by atoms with Crippen LogP contribution in [0.15, 0.2) is 67.0 Å². The molecule has 2 aromatic rings. The molecule has 1 aliphatic heterocycles. The van der Waals surface area contributed by atoms with Crippen molar-refractivity contribution in [2.75, 3.05) is 16.8 Å². The fourth-order valence-corrected chi connectivity index (χ4v) is 3.29. The van der Waals surface area contributed by atoms with Gasteiger partial charge in [0, 0.05) is 18.8 Å². The van der Waals surface area contributed by atoms with E-state index in [1.165, 1.54) is 11.1 Å². The van der Waals surface area contributed by atoms with Gasteiger partial charge < -0.3 is 16.0 Å². The van der Waals surface area contributed by atoms with Crippen LogP contribution in [0.1, 0.15) is 29.6 Å². The number of hydrogen-bond donors (Lipinski definition) is 2. The number of anilines is 2. The standard InChI is InChI=1S/C19H20N4/c20-17-12-18(16-7-3-2-6-15(16)17)22-19-9-8-14(13-21-19)23-10-4-1-5-11-23/h1-10,13,17-18H,11-12,20H2,(H,21,22)/t17?,18-/m1/s1. The van der Waals surface area contributed by atoms with E-state index in [2.05, 4.69) is 63.9 Å². The second-order valence-corrected chi connectivity index (χ2v) is 5.99. The van der Waals surface area contributed by atoms with Crippen LogP contribution in [0, 0.1) is 0 Å². The molecule has 23 heavy (non-hydrogen) atoms. The van der Waals surface area contributed by atoms with E-state index in [4.69, 9.17) is 5.73 Å². The van der Waals surface area contributed by atoms with E-state index in [9.17, 15) is 0 Å². The Morgan fingerprint density at radius 3 is 2.70 bits per heavy atom. The topological polar surface area (TPSA) is 54.2 Å². The summed E-state index contributed by atoms with van der Waals surface area (Å²) in [6.07, 6.45) is 11.1. The highest BCUT2D eigenvalue weighted by molar-refractivity contribution is 5.54. The fraction of sp³-hybridized carbons (Fsp3) is 0.211. The molecule has 0 fully saturated rings. The molecule has 0 radical (unpaired) electrons. The number of pyridine rings is 1.